The van der Waals surface area contributed by atoms with E-state index in [0.29, 0.717) is 5.41 Å². The van der Waals surface area contributed by atoms with E-state index in [1.165, 1.54) is 18.4 Å². The van der Waals surface area contributed by atoms with E-state index in [9.17, 15) is 0 Å². The van der Waals surface area contributed by atoms with Crippen LogP contribution in [0.2, 0.25) is 0 Å². The summed E-state index contributed by atoms with van der Waals surface area (Å²) >= 11 is 0. The summed E-state index contributed by atoms with van der Waals surface area (Å²) in [7, 11) is 0. The zero-order valence-electron chi connectivity index (χ0n) is 10.2. The number of aryl methyl sites for hydroxylation is 1. The number of hydrogen-bond donors (Lipinski definition) is 2. The van der Waals surface area contributed by atoms with Crippen LogP contribution < -0.4 is 10.6 Å². The molecule has 1 aromatic heterocycles. The van der Waals surface area contributed by atoms with Crippen molar-refractivity contribution in [2.45, 2.75) is 26.7 Å². The van der Waals surface area contributed by atoms with Gasteiger partial charge in [0.15, 0.2) is 0 Å². The van der Waals surface area contributed by atoms with E-state index in [4.69, 9.17) is 0 Å². The molecule has 1 aromatic rings. The second-order valence-corrected chi connectivity index (χ2v) is 5.11. The number of rotatable bonds is 3. The van der Waals surface area contributed by atoms with E-state index >= 15 is 0 Å². The summed E-state index contributed by atoms with van der Waals surface area (Å²) in [6.07, 6.45) is 4.41. The van der Waals surface area contributed by atoms with E-state index in [1.54, 1.807) is 0 Å². The lowest BCUT2D eigenvalue weighted by molar-refractivity contribution is 0.253. The maximum Gasteiger partial charge on any atom is 0.128 e. The van der Waals surface area contributed by atoms with Crippen molar-refractivity contribution in [2.24, 2.45) is 5.41 Å². The number of nitrogens with zero attached hydrogens (tertiary/aromatic N) is 1. The standard InChI is InChI=1S/C13H21N3/c1-11-5-3-8-15-12(11)16-10-13(2)6-4-7-14-9-13/h3,5,8,14H,4,6-7,9-10H2,1-2H3,(H,15,16). The van der Waals surface area contributed by atoms with Crippen molar-refractivity contribution in [1.82, 2.24) is 10.3 Å². The highest BCUT2D eigenvalue weighted by Crippen LogP contribution is 2.25. The molecule has 1 aliphatic heterocycles. The summed E-state index contributed by atoms with van der Waals surface area (Å²) in [6, 6.07) is 4.07. The Morgan fingerprint density at radius 3 is 3.12 bits per heavy atom. The topological polar surface area (TPSA) is 37.0 Å². The quantitative estimate of drug-likeness (QED) is 0.818. The third-order valence-electron chi connectivity index (χ3n) is 3.38. The minimum Gasteiger partial charge on any atom is -0.369 e. The minimum atomic E-state index is 0.363. The van der Waals surface area contributed by atoms with Crippen molar-refractivity contribution in [3.63, 3.8) is 0 Å². The molecule has 16 heavy (non-hydrogen) atoms. The van der Waals surface area contributed by atoms with Gasteiger partial charge in [-0.15, -0.1) is 0 Å². The highest BCUT2D eigenvalue weighted by atomic mass is 15.0. The highest BCUT2D eigenvalue weighted by molar-refractivity contribution is 5.42. The maximum absolute atomic E-state index is 4.36. The molecule has 1 atom stereocenters. The minimum absolute atomic E-state index is 0.363. The van der Waals surface area contributed by atoms with E-state index < -0.39 is 0 Å². The molecule has 2 N–H and O–H groups in total. The van der Waals surface area contributed by atoms with Crippen molar-refractivity contribution in [3.8, 4) is 0 Å². The van der Waals surface area contributed by atoms with Crippen molar-refractivity contribution in [1.29, 1.82) is 0 Å². The van der Waals surface area contributed by atoms with E-state index in [-0.39, 0.29) is 0 Å². The number of nitrogens with one attached hydrogen (secondary N) is 2. The van der Waals surface area contributed by atoms with Crippen LogP contribution in [0.5, 0.6) is 0 Å². The molecule has 1 unspecified atom stereocenters. The van der Waals surface area contributed by atoms with Gasteiger partial charge in [-0.05, 0) is 43.4 Å². The van der Waals surface area contributed by atoms with Crippen molar-refractivity contribution in [3.05, 3.63) is 23.9 Å². The van der Waals surface area contributed by atoms with Crippen molar-refractivity contribution < 1.29 is 0 Å². The summed E-state index contributed by atoms with van der Waals surface area (Å²) in [4.78, 5) is 4.36. The fraction of sp³-hybridized carbons (Fsp3) is 0.615. The molecule has 0 amide bonds. The molecule has 3 nitrogen and oxygen atoms in total. The van der Waals surface area contributed by atoms with Crippen LogP contribution in [-0.2, 0) is 0 Å². The van der Waals surface area contributed by atoms with Gasteiger partial charge in [-0.25, -0.2) is 4.98 Å². The van der Waals surface area contributed by atoms with Crippen molar-refractivity contribution >= 4 is 5.82 Å². The van der Waals surface area contributed by atoms with Crippen LogP contribution in [0.15, 0.2) is 18.3 Å². The number of hydrogen-bond acceptors (Lipinski definition) is 3. The maximum atomic E-state index is 4.36. The van der Waals surface area contributed by atoms with Crippen LogP contribution in [0, 0.1) is 12.3 Å². The third-order valence-corrected chi connectivity index (χ3v) is 3.38. The first kappa shape index (κ1) is 11.4. The highest BCUT2D eigenvalue weighted by Gasteiger charge is 2.26. The Hall–Kier alpha value is -1.09. The fourth-order valence-corrected chi connectivity index (χ4v) is 2.24. The van der Waals surface area contributed by atoms with Crippen LogP contribution in [0.25, 0.3) is 0 Å². The van der Waals surface area contributed by atoms with Gasteiger partial charge in [0, 0.05) is 19.3 Å². The molecule has 1 fully saturated rings. The molecule has 0 spiro atoms. The Bertz CT molecular complexity index is 343. The third kappa shape index (κ3) is 2.73. The zero-order valence-corrected chi connectivity index (χ0v) is 10.2. The molecule has 1 aliphatic rings. The van der Waals surface area contributed by atoms with Crippen LogP contribution in [-0.4, -0.2) is 24.6 Å². The number of pyridine rings is 1. The monoisotopic (exact) mass is 219 g/mol. The Morgan fingerprint density at radius 2 is 2.44 bits per heavy atom. The predicted molar refractivity (Wildman–Crippen MR) is 67.7 cm³/mol. The molecule has 1 saturated heterocycles. The van der Waals surface area contributed by atoms with Gasteiger partial charge < -0.3 is 10.6 Å². The van der Waals surface area contributed by atoms with Gasteiger partial charge >= 0.3 is 0 Å². The van der Waals surface area contributed by atoms with E-state index in [0.717, 1.165) is 25.5 Å². The van der Waals surface area contributed by atoms with Crippen LogP contribution >= 0.6 is 0 Å². The molecule has 0 radical (unpaired) electrons. The molecular formula is C13H21N3. The average molecular weight is 219 g/mol. The van der Waals surface area contributed by atoms with E-state index in [2.05, 4.69) is 35.5 Å². The van der Waals surface area contributed by atoms with Gasteiger partial charge in [0.25, 0.3) is 0 Å². The largest absolute Gasteiger partial charge is 0.369 e. The molecule has 2 heterocycles. The molecular weight excluding hydrogens is 198 g/mol. The van der Waals surface area contributed by atoms with Crippen LogP contribution in [0.3, 0.4) is 0 Å². The molecule has 88 valence electrons. The van der Waals surface area contributed by atoms with Gasteiger partial charge in [-0.3, -0.25) is 0 Å². The first-order valence-electron chi connectivity index (χ1n) is 6.06. The second kappa shape index (κ2) is 4.83. The zero-order chi connectivity index (χ0) is 11.4. The molecule has 0 saturated carbocycles. The number of aromatic nitrogens is 1. The van der Waals surface area contributed by atoms with E-state index in [1.807, 2.05) is 12.3 Å². The van der Waals surface area contributed by atoms with Gasteiger partial charge in [0.1, 0.15) is 5.82 Å². The molecule has 0 aliphatic carbocycles. The summed E-state index contributed by atoms with van der Waals surface area (Å²) < 4.78 is 0. The smallest absolute Gasteiger partial charge is 0.128 e. The molecule has 0 bridgehead atoms. The summed E-state index contributed by atoms with van der Waals surface area (Å²) in [5, 5.41) is 6.94. The van der Waals surface area contributed by atoms with Gasteiger partial charge in [-0.2, -0.15) is 0 Å². The number of anilines is 1. The predicted octanol–water partition coefficient (Wildman–Crippen LogP) is 2.19. The van der Waals surface area contributed by atoms with Gasteiger partial charge in [0.05, 0.1) is 0 Å². The molecule has 2 rings (SSSR count). The fourth-order valence-electron chi connectivity index (χ4n) is 2.24. The Morgan fingerprint density at radius 1 is 1.56 bits per heavy atom. The molecule has 3 heteroatoms. The lowest BCUT2D eigenvalue weighted by atomic mass is 9.83. The Labute approximate surface area is 97.7 Å². The van der Waals surface area contributed by atoms with Crippen molar-refractivity contribution in [2.75, 3.05) is 25.0 Å². The van der Waals surface area contributed by atoms with Crippen LogP contribution in [0.1, 0.15) is 25.3 Å². The first-order chi connectivity index (χ1) is 7.70. The summed E-state index contributed by atoms with van der Waals surface area (Å²) in [5.74, 6) is 1.02. The lowest BCUT2D eigenvalue weighted by Crippen LogP contribution is -2.42. The van der Waals surface area contributed by atoms with Gasteiger partial charge in [0.2, 0.25) is 0 Å². The number of piperidine rings is 1. The molecule has 0 aromatic carbocycles. The Balaban J connectivity index is 1.94. The summed E-state index contributed by atoms with van der Waals surface area (Å²) in [6.45, 7) is 7.70. The van der Waals surface area contributed by atoms with Gasteiger partial charge in [-0.1, -0.05) is 13.0 Å². The first-order valence-corrected chi connectivity index (χ1v) is 6.06. The summed E-state index contributed by atoms with van der Waals surface area (Å²) in [5.41, 5.74) is 1.58. The normalized spacial score (nSPS) is 25.4. The Kier molecular flexibility index (Phi) is 3.44. The SMILES string of the molecule is Cc1cccnc1NCC1(C)CCCNC1. The van der Waals surface area contributed by atoms with Crippen LogP contribution in [0.4, 0.5) is 5.82 Å². The average Bonchev–Trinajstić information content (AvgIpc) is 2.29. The lowest BCUT2D eigenvalue weighted by Gasteiger charge is -2.34. The second-order valence-electron chi connectivity index (χ2n) is 5.11.